The van der Waals surface area contributed by atoms with Crippen molar-refractivity contribution in [1.82, 2.24) is 0 Å². The van der Waals surface area contributed by atoms with E-state index < -0.39 is 0 Å². The Balaban J connectivity index is 2.72. The molecule has 0 aliphatic rings. The van der Waals surface area contributed by atoms with Gasteiger partial charge < -0.3 is 0 Å². The van der Waals surface area contributed by atoms with Crippen LogP contribution in [0.25, 0.3) is 0 Å². The van der Waals surface area contributed by atoms with Crippen molar-refractivity contribution in [3.63, 3.8) is 0 Å². The first-order chi connectivity index (χ1) is 8.45. The van der Waals surface area contributed by atoms with E-state index in [4.69, 9.17) is 0 Å². The first kappa shape index (κ1) is 14.8. The molecule has 0 unspecified atom stereocenters. The molecule has 18 heavy (non-hydrogen) atoms. The molecule has 98 valence electrons. The van der Waals surface area contributed by atoms with E-state index in [1.54, 1.807) is 0 Å². The summed E-state index contributed by atoms with van der Waals surface area (Å²) >= 11 is 0. The number of hydrogen-bond donors (Lipinski definition) is 0. The maximum atomic E-state index is 3.26. The van der Waals surface area contributed by atoms with Crippen LogP contribution in [-0.4, -0.2) is 0 Å². The van der Waals surface area contributed by atoms with Gasteiger partial charge in [-0.25, -0.2) is 0 Å². The maximum absolute atomic E-state index is 3.26. The van der Waals surface area contributed by atoms with Crippen LogP contribution in [0.4, 0.5) is 0 Å². The largest absolute Gasteiger partial charge is 0.103 e. The smallest absolute Gasteiger partial charge is 0.0129 e. The summed E-state index contributed by atoms with van der Waals surface area (Å²) in [4.78, 5) is 0. The van der Waals surface area contributed by atoms with E-state index in [-0.39, 0.29) is 5.41 Å². The number of hydrogen-bond acceptors (Lipinski definition) is 0. The standard InChI is InChI=1S/C18H26/c1-6-7-8-9-10-11-16-13-12-15(2)17(14-16)18(3,4)5/h12-14H,6-7,10-11H2,1-5H3. The van der Waals surface area contributed by atoms with Gasteiger partial charge in [0.15, 0.2) is 0 Å². The van der Waals surface area contributed by atoms with Crippen LogP contribution in [0.2, 0.25) is 0 Å². The molecule has 0 nitrogen and oxygen atoms in total. The second kappa shape index (κ2) is 6.64. The van der Waals surface area contributed by atoms with Crippen LogP contribution in [0, 0.1) is 18.8 Å². The molecule has 0 saturated carbocycles. The predicted octanol–water partition coefficient (Wildman–Crippen LogP) is 5.03. The normalized spacial score (nSPS) is 10.9. The van der Waals surface area contributed by atoms with Crippen molar-refractivity contribution in [2.75, 3.05) is 0 Å². The highest BCUT2D eigenvalue weighted by atomic mass is 14.2. The molecule has 0 fully saturated rings. The van der Waals surface area contributed by atoms with Crippen molar-refractivity contribution in [2.24, 2.45) is 0 Å². The molecular weight excluding hydrogens is 216 g/mol. The molecule has 0 aliphatic carbocycles. The third kappa shape index (κ3) is 4.57. The van der Waals surface area contributed by atoms with Gasteiger partial charge in [0, 0.05) is 12.8 Å². The van der Waals surface area contributed by atoms with Crippen LogP contribution >= 0.6 is 0 Å². The van der Waals surface area contributed by atoms with Crippen molar-refractivity contribution in [3.8, 4) is 11.8 Å². The van der Waals surface area contributed by atoms with Crippen LogP contribution in [0.5, 0.6) is 0 Å². The highest BCUT2D eigenvalue weighted by molar-refractivity contribution is 5.36. The van der Waals surface area contributed by atoms with Gasteiger partial charge in [-0.05, 0) is 41.9 Å². The molecule has 0 spiro atoms. The summed E-state index contributed by atoms with van der Waals surface area (Å²) in [6, 6.07) is 6.85. The quantitative estimate of drug-likeness (QED) is 0.652. The topological polar surface area (TPSA) is 0 Å². The highest BCUT2D eigenvalue weighted by Crippen LogP contribution is 2.26. The van der Waals surface area contributed by atoms with E-state index in [1.165, 1.54) is 16.7 Å². The first-order valence-corrected chi connectivity index (χ1v) is 7.01. The molecule has 0 aromatic heterocycles. The Kier molecular flexibility index (Phi) is 5.48. The van der Waals surface area contributed by atoms with Crippen molar-refractivity contribution >= 4 is 0 Å². The van der Waals surface area contributed by atoms with Crippen LogP contribution in [0.15, 0.2) is 18.2 Å². The molecule has 0 N–H and O–H groups in total. The van der Waals surface area contributed by atoms with E-state index in [0.717, 1.165) is 25.7 Å². The van der Waals surface area contributed by atoms with Crippen LogP contribution in [0.3, 0.4) is 0 Å². The van der Waals surface area contributed by atoms with Crippen molar-refractivity contribution in [3.05, 3.63) is 34.9 Å². The fourth-order valence-corrected chi connectivity index (χ4v) is 2.14. The lowest BCUT2D eigenvalue weighted by atomic mass is 9.83. The number of benzene rings is 1. The lowest BCUT2D eigenvalue weighted by Gasteiger charge is -2.22. The van der Waals surface area contributed by atoms with E-state index in [1.807, 2.05) is 0 Å². The number of rotatable bonds is 3. The summed E-state index contributed by atoms with van der Waals surface area (Å²) in [6.45, 7) is 11.2. The molecule has 1 aromatic rings. The minimum absolute atomic E-state index is 0.230. The molecule has 0 bridgehead atoms. The zero-order chi connectivity index (χ0) is 13.6. The molecule has 0 amide bonds. The molecule has 0 radical (unpaired) electrons. The molecule has 0 heterocycles. The lowest BCUT2D eigenvalue weighted by Crippen LogP contribution is -2.13. The van der Waals surface area contributed by atoms with E-state index in [2.05, 4.69) is 64.7 Å². The second-order valence-corrected chi connectivity index (χ2v) is 6.00. The Labute approximate surface area is 113 Å². The van der Waals surface area contributed by atoms with Crippen molar-refractivity contribution < 1.29 is 0 Å². The molecule has 0 atom stereocenters. The third-order valence-electron chi connectivity index (χ3n) is 3.15. The summed E-state index contributed by atoms with van der Waals surface area (Å²) in [5.74, 6) is 6.47. The van der Waals surface area contributed by atoms with E-state index in [0.29, 0.717) is 0 Å². The van der Waals surface area contributed by atoms with Gasteiger partial charge in [-0.3, -0.25) is 0 Å². The van der Waals surface area contributed by atoms with Gasteiger partial charge in [0.25, 0.3) is 0 Å². The van der Waals surface area contributed by atoms with Crippen LogP contribution in [0.1, 0.15) is 63.6 Å². The van der Waals surface area contributed by atoms with Gasteiger partial charge in [-0.2, -0.15) is 0 Å². The van der Waals surface area contributed by atoms with Gasteiger partial charge in [-0.1, -0.05) is 45.9 Å². The SMILES string of the molecule is CCCC#CCCc1ccc(C)c(C(C)(C)C)c1. The molecule has 1 rings (SSSR count). The Morgan fingerprint density at radius 2 is 1.72 bits per heavy atom. The van der Waals surface area contributed by atoms with Crippen LogP contribution in [-0.2, 0) is 11.8 Å². The predicted molar refractivity (Wildman–Crippen MR) is 80.9 cm³/mol. The molecular formula is C18H26. The van der Waals surface area contributed by atoms with E-state index in [9.17, 15) is 0 Å². The summed E-state index contributed by atoms with van der Waals surface area (Å²) in [6.07, 6.45) is 4.24. The minimum atomic E-state index is 0.230. The highest BCUT2D eigenvalue weighted by Gasteiger charge is 2.16. The summed E-state index contributed by atoms with van der Waals surface area (Å²) < 4.78 is 0. The van der Waals surface area contributed by atoms with Gasteiger partial charge >= 0.3 is 0 Å². The molecule has 1 aromatic carbocycles. The van der Waals surface area contributed by atoms with Crippen molar-refractivity contribution in [1.29, 1.82) is 0 Å². The number of aryl methyl sites for hydroxylation is 2. The summed E-state index contributed by atoms with van der Waals surface area (Å²) in [5, 5.41) is 0. The Morgan fingerprint density at radius 1 is 1.06 bits per heavy atom. The third-order valence-corrected chi connectivity index (χ3v) is 3.15. The Hall–Kier alpha value is -1.22. The monoisotopic (exact) mass is 242 g/mol. The second-order valence-electron chi connectivity index (χ2n) is 6.00. The molecule has 0 heteroatoms. The first-order valence-electron chi connectivity index (χ1n) is 7.01. The summed E-state index contributed by atoms with van der Waals surface area (Å²) in [7, 11) is 0. The fraction of sp³-hybridized carbons (Fsp3) is 0.556. The van der Waals surface area contributed by atoms with Gasteiger partial charge in [-0.15, -0.1) is 11.8 Å². The van der Waals surface area contributed by atoms with Gasteiger partial charge in [0.2, 0.25) is 0 Å². The average molecular weight is 242 g/mol. The zero-order valence-electron chi connectivity index (χ0n) is 12.6. The maximum Gasteiger partial charge on any atom is 0.0129 e. The molecule has 0 saturated heterocycles. The summed E-state index contributed by atoms with van der Waals surface area (Å²) in [5.41, 5.74) is 4.50. The fourth-order valence-electron chi connectivity index (χ4n) is 2.14. The lowest BCUT2D eigenvalue weighted by molar-refractivity contribution is 0.585. The Bertz CT molecular complexity index is 435. The Morgan fingerprint density at radius 3 is 2.33 bits per heavy atom. The van der Waals surface area contributed by atoms with Gasteiger partial charge in [0.1, 0.15) is 0 Å². The zero-order valence-corrected chi connectivity index (χ0v) is 12.6. The van der Waals surface area contributed by atoms with Crippen molar-refractivity contribution in [2.45, 2.75) is 65.7 Å². The minimum Gasteiger partial charge on any atom is -0.103 e. The average Bonchev–Trinajstić information content (AvgIpc) is 2.29. The number of unbranched alkanes of at least 4 members (excludes halogenated alkanes) is 1. The van der Waals surface area contributed by atoms with Gasteiger partial charge in [0.05, 0.1) is 0 Å². The van der Waals surface area contributed by atoms with E-state index >= 15 is 0 Å². The van der Waals surface area contributed by atoms with Crippen LogP contribution < -0.4 is 0 Å². The molecule has 0 aliphatic heterocycles.